The van der Waals surface area contributed by atoms with Crippen LogP contribution in [0.1, 0.15) is 21.7 Å². The normalized spacial score (nSPS) is 10.5. The van der Waals surface area contributed by atoms with E-state index in [-0.39, 0.29) is 5.91 Å². The first-order valence-corrected chi connectivity index (χ1v) is 11.0. The molecule has 0 unspecified atom stereocenters. The number of hydrogen-bond acceptors (Lipinski definition) is 6. The number of thioether (sulfide) groups is 1. The summed E-state index contributed by atoms with van der Waals surface area (Å²) in [5.74, 6) is 1.94. The van der Waals surface area contributed by atoms with Crippen LogP contribution in [0.25, 0.3) is 0 Å². The molecule has 0 atom stereocenters. The lowest BCUT2D eigenvalue weighted by Crippen LogP contribution is -2.24. The number of furan rings is 1. The Morgan fingerprint density at radius 2 is 1.90 bits per heavy atom. The van der Waals surface area contributed by atoms with Crippen molar-refractivity contribution in [1.82, 2.24) is 15.3 Å². The molecule has 6 nitrogen and oxygen atoms in total. The first-order chi connectivity index (χ1) is 15.1. The van der Waals surface area contributed by atoms with Crippen LogP contribution in [-0.2, 0) is 12.3 Å². The van der Waals surface area contributed by atoms with Crippen LogP contribution in [0, 0.1) is 0 Å². The van der Waals surface area contributed by atoms with Crippen molar-refractivity contribution in [2.45, 2.75) is 17.5 Å². The van der Waals surface area contributed by atoms with E-state index in [0.29, 0.717) is 47.0 Å². The number of carbonyl (C=O) groups excluding carboxylic acids is 1. The van der Waals surface area contributed by atoms with Crippen LogP contribution in [-0.4, -0.2) is 29.0 Å². The zero-order valence-corrected chi connectivity index (χ0v) is 18.5. The van der Waals surface area contributed by atoms with E-state index in [9.17, 15) is 4.79 Å². The van der Waals surface area contributed by atoms with Gasteiger partial charge >= 0.3 is 0 Å². The predicted molar refractivity (Wildman–Crippen MR) is 126 cm³/mol. The number of hydrogen-bond donors (Lipinski definition) is 1. The monoisotopic (exact) mass is 454 g/mol. The maximum Gasteiger partial charge on any atom is 0.251 e. The summed E-state index contributed by atoms with van der Waals surface area (Å²) in [6.45, 7) is 9.18. The molecule has 0 saturated heterocycles. The molecule has 2 aromatic heterocycles. The molecule has 8 heteroatoms. The third-order valence-corrected chi connectivity index (χ3v) is 5.38. The highest BCUT2D eigenvalue weighted by atomic mass is 35.5. The van der Waals surface area contributed by atoms with Crippen LogP contribution >= 0.6 is 23.4 Å². The number of rotatable bonds is 11. The lowest BCUT2D eigenvalue weighted by Gasteiger charge is -2.20. The molecule has 0 spiro atoms. The molecule has 3 aromatic rings. The molecule has 1 N–H and O–H groups in total. The molecule has 0 aliphatic heterocycles. The molecule has 0 radical (unpaired) electrons. The quantitative estimate of drug-likeness (QED) is 0.187. The Balaban J connectivity index is 1.60. The van der Waals surface area contributed by atoms with Crippen LogP contribution in [0.3, 0.4) is 0 Å². The molecule has 0 aliphatic rings. The maximum atomic E-state index is 12.3. The summed E-state index contributed by atoms with van der Waals surface area (Å²) in [6.07, 6.45) is 5.19. The second kappa shape index (κ2) is 11.4. The van der Waals surface area contributed by atoms with Gasteiger partial charge in [0.25, 0.3) is 5.91 Å². The van der Waals surface area contributed by atoms with Crippen LogP contribution in [0.15, 0.2) is 83.6 Å². The third-order valence-electron chi connectivity index (χ3n) is 4.27. The minimum absolute atomic E-state index is 0.150. The zero-order chi connectivity index (χ0) is 22.1. The van der Waals surface area contributed by atoms with Crippen molar-refractivity contribution in [2.24, 2.45) is 0 Å². The van der Waals surface area contributed by atoms with E-state index >= 15 is 0 Å². The van der Waals surface area contributed by atoms with E-state index < -0.39 is 0 Å². The summed E-state index contributed by atoms with van der Waals surface area (Å²) in [5.41, 5.74) is 1.64. The summed E-state index contributed by atoms with van der Waals surface area (Å²) >= 11 is 7.68. The van der Waals surface area contributed by atoms with E-state index in [1.165, 1.54) is 11.8 Å². The van der Waals surface area contributed by atoms with Gasteiger partial charge in [0.1, 0.15) is 16.7 Å². The average molecular weight is 455 g/mol. The minimum Gasteiger partial charge on any atom is -0.467 e. The van der Waals surface area contributed by atoms with E-state index in [1.54, 1.807) is 42.7 Å². The van der Waals surface area contributed by atoms with Gasteiger partial charge < -0.3 is 14.6 Å². The molecule has 160 valence electrons. The highest BCUT2D eigenvalue weighted by Gasteiger charge is 2.11. The number of halogens is 1. The lowest BCUT2D eigenvalue weighted by atomic mass is 10.1. The van der Waals surface area contributed by atoms with E-state index in [4.69, 9.17) is 16.0 Å². The van der Waals surface area contributed by atoms with Gasteiger partial charge in [-0.1, -0.05) is 47.6 Å². The number of nitrogens with zero attached hydrogens (tertiary/aromatic N) is 3. The van der Waals surface area contributed by atoms with Crippen molar-refractivity contribution in [3.05, 3.63) is 96.1 Å². The molecule has 0 fully saturated rings. The lowest BCUT2D eigenvalue weighted by molar-refractivity contribution is 0.0948. The molecule has 0 saturated carbocycles. The fourth-order valence-electron chi connectivity index (χ4n) is 2.77. The summed E-state index contributed by atoms with van der Waals surface area (Å²) in [5, 5.41) is 3.80. The molecule has 1 aromatic carbocycles. The van der Waals surface area contributed by atoms with Gasteiger partial charge in [0.15, 0.2) is 5.16 Å². The van der Waals surface area contributed by atoms with Crippen molar-refractivity contribution in [1.29, 1.82) is 0 Å². The van der Waals surface area contributed by atoms with E-state index in [2.05, 4.69) is 28.4 Å². The number of nitrogens with one attached hydrogen (secondary N) is 1. The first-order valence-electron chi connectivity index (χ1n) is 9.62. The molecule has 1 amide bonds. The summed E-state index contributed by atoms with van der Waals surface area (Å²) in [7, 11) is 0. The van der Waals surface area contributed by atoms with Crippen LogP contribution in [0.5, 0.6) is 0 Å². The van der Waals surface area contributed by atoms with Gasteiger partial charge in [0.05, 0.1) is 12.8 Å². The third kappa shape index (κ3) is 6.73. The Hall–Kier alpha value is -3.03. The van der Waals surface area contributed by atoms with Gasteiger partial charge in [-0.25, -0.2) is 9.97 Å². The highest BCUT2D eigenvalue weighted by Crippen LogP contribution is 2.25. The van der Waals surface area contributed by atoms with Gasteiger partial charge in [-0.3, -0.25) is 4.79 Å². The summed E-state index contributed by atoms with van der Waals surface area (Å²) in [6, 6.07) is 12.8. The van der Waals surface area contributed by atoms with Crippen molar-refractivity contribution in [3.63, 3.8) is 0 Å². The molecule has 3 rings (SSSR count). The number of benzene rings is 1. The Morgan fingerprint density at radius 1 is 1.16 bits per heavy atom. The van der Waals surface area contributed by atoms with Gasteiger partial charge in [-0.15, -0.1) is 13.2 Å². The van der Waals surface area contributed by atoms with E-state index in [1.807, 2.05) is 23.1 Å². The largest absolute Gasteiger partial charge is 0.467 e. The topological polar surface area (TPSA) is 71.3 Å². The van der Waals surface area contributed by atoms with E-state index in [0.717, 1.165) is 11.4 Å². The molecule has 2 heterocycles. The Kier molecular flexibility index (Phi) is 8.32. The predicted octanol–water partition coefficient (Wildman–Crippen LogP) is 5.12. The van der Waals surface area contributed by atoms with Gasteiger partial charge in [0, 0.05) is 30.5 Å². The number of amides is 1. The maximum absolute atomic E-state index is 12.3. The van der Waals surface area contributed by atoms with Crippen LogP contribution < -0.4 is 10.2 Å². The number of anilines is 1. The number of aromatic nitrogens is 2. The van der Waals surface area contributed by atoms with Crippen LogP contribution in [0.2, 0.25) is 5.15 Å². The Morgan fingerprint density at radius 3 is 2.55 bits per heavy atom. The van der Waals surface area contributed by atoms with Crippen molar-refractivity contribution in [2.75, 3.05) is 18.0 Å². The van der Waals surface area contributed by atoms with Gasteiger partial charge in [0.2, 0.25) is 0 Å². The van der Waals surface area contributed by atoms with Crippen molar-refractivity contribution in [3.8, 4) is 0 Å². The fourth-order valence-corrected chi connectivity index (χ4v) is 3.81. The second-order valence-corrected chi connectivity index (χ2v) is 7.89. The Bertz CT molecular complexity index is 1010. The van der Waals surface area contributed by atoms with Crippen molar-refractivity contribution < 1.29 is 9.21 Å². The number of carbonyl (C=O) groups is 1. The molecular weight excluding hydrogens is 432 g/mol. The van der Waals surface area contributed by atoms with Gasteiger partial charge in [-0.05, 0) is 29.8 Å². The smallest absolute Gasteiger partial charge is 0.251 e. The molecule has 0 bridgehead atoms. The molecular formula is C23H23ClN4O2S. The first kappa shape index (κ1) is 22.7. The summed E-state index contributed by atoms with van der Waals surface area (Å²) < 4.78 is 5.22. The molecule has 0 aliphatic carbocycles. The molecule has 31 heavy (non-hydrogen) atoms. The van der Waals surface area contributed by atoms with Gasteiger partial charge in [-0.2, -0.15) is 0 Å². The minimum atomic E-state index is -0.150. The standard InChI is InChI=1S/C23H23ClN4O2S/c1-3-11-28(12-4-2)21-14-20(24)26-23(27-21)31-16-17-7-9-18(10-8-17)22(29)25-15-19-6-5-13-30-19/h3-10,13-14H,1-2,11-12,15-16H2,(H,25,29). The average Bonchev–Trinajstić information content (AvgIpc) is 3.30. The SMILES string of the molecule is C=CCN(CC=C)c1cc(Cl)nc(SCc2ccc(C(=O)NCc3ccco3)cc2)n1. The van der Waals surface area contributed by atoms with Crippen LogP contribution in [0.4, 0.5) is 5.82 Å². The second-order valence-electron chi connectivity index (χ2n) is 6.56. The zero-order valence-electron chi connectivity index (χ0n) is 17.0. The summed E-state index contributed by atoms with van der Waals surface area (Å²) in [4.78, 5) is 23.2. The Labute approximate surface area is 191 Å². The fraction of sp³-hybridized carbons (Fsp3) is 0.174. The highest BCUT2D eigenvalue weighted by molar-refractivity contribution is 7.98. The van der Waals surface area contributed by atoms with Crippen molar-refractivity contribution >= 4 is 35.1 Å².